The molecule has 1 spiro atoms. The summed E-state index contributed by atoms with van der Waals surface area (Å²) < 4.78 is 31.4. The molecule has 0 aromatic heterocycles. The van der Waals surface area contributed by atoms with Gasteiger partial charge in [-0.05, 0) is 93.9 Å². The summed E-state index contributed by atoms with van der Waals surface area (Å²) in [4.78, 5) is 82.7. The second kappa shape index (κ2) is 27.2. The number of cyclic esters (lactones) is 1. The topological polar surface area (TPSA) is 240 Å². The van der Waals surface area contributed by atoms with Crippen molar-refractivity contribution in [1.29, 1.82) is 0 Å². The summed E-state index contributed by atoms with van der Waals surface area (Å²) in [5.74, 6) is -5.10. The average Bonchev–Trinajstić information content (AvgIpc) is 3.57. The number of rotatable bonds is 13. The van der Waals surface area contributed by atoms with Gasteiger partial charge >= 0.3 is 11.9 Å². The van der Waals surface area contributed by atoms with Crippen molar-refractivity contribution >= 4 is 35.6 Å². The van der Waals surface area contributed by atoms with Gasteiger partial charge in [0.2, 0.25) is 17.7 Å². The number of fused-ring (bicyclic) bond motifs is 4. The molecule has 0 unspecified atom stereocenters. The Morgan fingerprint density at radius 3 is 2.45 bits per heavy atom. The standard InChI is InChI=1S/C62H91N5O13/c1-12-44-31-38(6)62(65-56(44)71)41(9)54(70)39(7)52(79-62)34-49(69)36(4)21-15-13-16-22-37(5)50-26-17-14-18-27-51-40(8)55-46(28-29-61(11,78-51)80-55)57(72)64-53(35(2)3)58(73)63-48(33-43-23-19-24-45(32-43)76-42(10)68)59(74)67-30-20-25-47(66-67)60(75)77-50/h13-14,16-19,22-24,27,32,35-36,38-41,44,46-55,66,69-70H,12,15,20-21,25-26,28-31,33-34H2,1-11H3,(H,63,73)(H,64,72)(H,65,71)/b16-13+,17-14-,27-18-,37-22+/t36-,38-,39-,40-,41-,44-,46+,47-,48-,49-,50-,51-,52-,53-,54-,55+,61+,62+/m0/s1. The van der Waals surface area contributed by atoms with Crippen molar-refractivity contribution in [2.45, 2.75) is 213 Å². The Balaban J connectivity index is 1.08. The molecule has 80 heavy (non-hydrogen) atoms. The lowest BCUT2D eigenvalue weighted by Gasteiger charge is -2.56. The molecule has 7 rings (SSSR count). The highest BCUT2D eigenvalue weighted by molar-refractivity contribution is 5.93. The molecule has 1 aromatic rings. The molecule has 1 aromatic carbocycles. The summed E-state index contributed by atoms with van der Waals surface area (Å²) in [6, 6.07) is 3.63. The Labute approximate surface area is 473 Å². The molecule has 5 saturated heterocycles. The molecule has 442 valence electrons. The van der Waals surface area contributed by atoms with E-state index in [-0.39, 0.29) is 72.0 Å². The summed E-state index contributed by atoms with van der Waals surface area (Å²) in [6.07, 6.45) is 15.2. The Morgan fingerprint density at radius 2 is 1.73 bits per heavy atom. The van der Waals surface area contributed by atoms with Gasteiger partial charge in [-0.1, -0.05) is 110 Å². The number of ether oxygens (including phenoxy) is 5. The highest BCUT2D eigenvalue weighted by Gasteiger charge is 2.57. The number of hydrogen-bond acceptors (Lipinski definition) is 14. The van der Waals surface area contributed by atoms with Crippen LogP contribution in [0, 0.1) is 47.3 Å². The van der Waals surface area contributed by atoms with Gasteiger partial charge in [-0.15, -0.1) is 0 Å². The van der Waals surface area contributed by atoms with Gasteiger partial charge in [-0.2, -0.15) is 0 Å². The number of hydrazine groups is 1. The van der Waals surface area contributed by atoms with E-state index in [1.54, 1.807) is 24.3 Å². The summed E-state index contributed by atoms with van der Waals surface area (Å²) >= 11 is 0. The number of amides is 4. The highest BCUT2D eigenvalue weighted by Crippen LogP contribution is 2.47. The number of hydrogen-bond donors (Lipinski definition) is 6. The zero-order valence-electron chi connectivity index (χ0n) is 49.0. The number of aliphatic hydroxyl groups excluding tert-OH is 2. The molecule has 0 aliphatic carbocycles. The van der Waals surface area contributed by atoms with E-state index in [9.17, 15) is 39.0 Å². The SMILES string of the molecule is CC[C@H]1C[C@H](C)[C@@]2(NC1=O)O[C@@H](C[C@H](O)[C@@H](C)CC/C=C/C=C(\C)[C@@H]1C/C=C\C=C/[C@@H]3O[C@@]4(C)CC[C@@H](C(=O)N[C@@H](C(C)C)C(=O)N[C@@H](Cc5cccc(OC(C)=O)c5)C(=O)N5CCC[C@H](N5)C(=O)O1)[C@H](O4)[C@H]3C)[C@H](C)[C@H](O)[C@@H]2C. The average molecular weight is 1110 g/mol. The minimum absolute atomic E-state index is 0.00127. The molecule has 6 aliphatic rings. The van der Waals surface area contributed by atoms with E-state index in [1.807, 2.05) is 105 Å². The lowest BCUT2D eigenvalue weighted by molar-refractivity contribution is -0.344. The first kappa shape index (κ1) is 62.4. The maximum atomic E-state index is 14.7. The first-order valence-electron chi connectivity index (χ1n) is 29.5. The predicted octanol–water partition coefficient (Wildman–Crippen LogP) is 6.83. The van der Waals surface area contributed by atoms with Gasteiger partial charge in [0.05, 0.1) is 36.4 Å². The molecule has 18 atom stereocenters. The van der Waals surface area contributed by atoms with Gasteiger partial charge in [0.25, 0.3) is 5.91 Å². The molecule has 6 N–H and O–H groups in total. The third-order valence-corrected chi connectivity index (χ3v) is 17.9. The number of piperidine rings is 1. The number of benzene rings is 1. The van der Waals surface area contributed by atoms with E-state index in [1.165, 1.54) is 11.9 Å². The molecule has 0 saturated carbocycles. The maximum Gasteiger partial charge on any atom is 0.325 e. The van der Waals surface area contributed by atoms with Crippen LogP contribution in [0.1, 0.15) is 146 Å². The third-order valence-electron chi connectivity index (χ3n) is 17.9. The van der Waals surface area contributed by atoms with Crippen LogP contribution in [-0.4, -0.2) is 124 Å². The molecule has 5 fully saturated rings. The number of esters is 2. The highest BCUT2D eigenvalue weighted by atomic mass is 16.7. The fraction of sp³-hybridized carbons (Fsp3) is 0.677. The molecule has 18 nitrogen and oxygen atoms in total. The maximum absolute atomic E-state index is 14.7. The fourth-order valence-corrected chi connectivity index (χ4v) is 12.6. The van der Waals surface area contributed by atoms with Crippen molar-refractivity contribution in [3.8, 4) is 5.75 Å². The van der Waals surface area contributed by atoms with Gasteiger partial charge in [0.15, 0.2) is 5.79 Å². The third kappa shape index (κ3) is 14.9. The zero-order valence-corrected chi connectivity index (χ0v) is 49.0. The second-order valence-electron chi connectivity index (χ2n) is 24.3. The van der Waals surface area contributed by atoms with Crippen LogP contribution in [0.2, 0.25) is 0 Å². The second-order valence-corrected chi connectivity index (χ2v) is 24.3. The van der Waals surface area contributed by atoms with Crippen molar-refractivity contribution < 1.29 is 62.7 Å². The van der Waals surface area contributed by atoms with Crippen LogP contribution in [-0.2, 0) is 54.1 Å². The number of nitrogens with one attached hydrogen (secondary N) is 4. The van der Waals surface area contributed by atoms with Crippen LogP contribution in [0.15, 0.2) is 72.4 Å². The van der Waals surface area contributed by atoms with Gasteiger partial charge in [0.1, 0.15) is 35.7 Å². The van der Waals surface area contributed by atoms with Crippen molar-refractivity contribution in [1.82, 2.24) is 26.4 Å². The normalized spacial score (nSPS) is 37.4. The largest absolute Gasteiger partial charge is 0.456 e. The summed E-state index contributed by atoms with van der Waals surface area (Å²) in [5.41, 5.74) is 3.49. The minimum atomic E-state index is -1.17. The van der Waals surface area contributed by atoms with Crippen LogP contribution in [0.4, 0.5) is 0 Å². The number of aliphatic hydroxyl groups is 2. The van der Waals surface area contributed by atoms with Crippen LogP contribution in [0.25, 0.3) is 0 Å². The Morgan fingerprint density at radius 1 is 0.963 bits per heavy atom. The van der Waals surface area contributed by atoms with E-state index in [4.69, 9.17) is 23.7 Å². The molecule has 0 radical (unpaired) electrons. The van der Waals surface area contributed by atoms with Gasteiger partial charge in [0, 0.05) is 68.7 Å². The molecule has 18 heteroatoms. The molecule has 4 amide bonds. The van der Waals surface area contributed by atoms with Crippen molar-refractivity contribution in [2.24, 2.45) is 47.3 Å². The van der Waals surface area contributed by atoms with Crippen molar-refractivity contribution in [2.75, 3.05) is 6.54 Å². The van der Waals surface area contributed by atoms with E-state index in [0.29, 0.717) is 63.4 Å². The number of carbonyl (C=O) groups is 6. The Bertz CT molecular complexity index is 2500. The van der Waals surface area contributed by atoms with Crippen LogP contribution >= 0.6 is 0 Å². The molecule has 5 bridgehead atoms. The van der Waals surface area contributed by atoms with Crippen LogP contribution in [0.5, 0.6) is 5.75 Å². The summed E-state index contributed by atoms with van der Waals surface area (Å²) in [6.45, 7) is 20.9. The molecular formula is C62H91N5O13. The van der Waals surface area contributed by atoms with E-state index in [0.717, 1.165) is 12.0 Å². The van der Waals surface area contributed by atoms with Gasteiger partial charge in [-0.25, -0.2) is 5.43 Å². The number of allylic oxidation sites excluding steroid dienone is 5. The first-order valence-corrected chi connectivity index (χ1v) is 29.5. The summed E-state index contributed by atoms with van der Waals surface area (Å²) in [7, 11) is 0. The molecular weight excluding hydrogens is 1020 g/mol. The molecule has 6 heterocycles. The van der Waals surface area contributed by atoms with Crippen LogP contribution < -0.4 is 26.1 Å². The van der Waals surface area contributed by atoms with Crippen molar-refractivity contribution in [3.63, 3.8) is 0 Å². The lowest BCUT2D eigenvalue weighted by atomic mass is 9.69. The zero-order chi connectivity index (χ0) is 58.2. The Kier molecular flexibility index (Phi) is 21.2. The number of nitrogens with zero attached hydrogens (tertiary/aromatic N) is 1. The first-order chi connectivity index (χ1) is 37.9. The van der Waals surface area contributed by atoms with E-state index < -0.39 is 95.9 Å². The van der Waals surface area contributed by atoms with Crippen molar-refractivity contribution in [3.05, 3.63) is 77.9 Å². The summed E-state index contributed by atoms with van der Waals surface area (Å²) in [5, 5.41) is 33.5. The van der Waals surface area contributed by atoms with Gasteiger partial charge < -0.3 is 49.8 Å². The predicted molar refractivity (Wildman–Crippen MR) is 300 cm³/mol. The lowest BCUT2D eigenvalue weighted by Crippen LogP contribution is -2.71. The Hall–Kier alpha value is -5.24. The minimum Gasteiger partial charge on any atom is -0.456 e. The monoisotopic (exact) mass is 1110 g/mol. The number of carbonyl (C=O) groups excluding carboxylic acids is 6. The quantitative estimate of drug-likeness (QED) is 0.0675. The van der Waals surface area contributed by atoms with Crippen LogP contribution in [0.3, 0.4) is 0 Å². The smallest absolute Gasteiger partial charge is 0.325 e. The fourth-order valence-electron chi connectivity index (χ4n) is 12.6. The van der Waals surface area contributed by atoms with E-state index >= 15 is 0 Å². The molecule has 6 aliphatic heterocycles. The van der Waals surface area contributed by atoms with Gasteiger partial charge in [-0.3, -0.25) is 33.8 Å². The van der Waals surface area contributed by atoms with E-state index in [2.05, 4.69) is 28.3 Å².